The zero-order chi connectivity index (χ0) is 23.5. The lowest BCUT2D eigenvalue weighted by Gasteiger charge is -2.34. The minimum Gasteiger partial charge on any atom is -0.378 e. The predicted molar refractivity (Wildman–Crippen MR) is 122 cm³/mol. The van der Waals surface area contributed by atoms with Crippen LogP contribution in [0.4, 0.5) is 11.4 Å². The van der Waals surface area contributed by atoms with Crippen molar-refractivity contribution in [1.29, 1.82) is 0 Å². The molecule has 1 fully saturated rings. The molecule has 174 valence electrons. The first-order valence-electron chi connectivity index (χ1n) is 10.3. The molecule has 0 amide bonds. The highest BCUT2D eigenvalue weighted by atomic mass is 32.2. The van der Waals surface area contributed by atoms with E-state index in [1.165, 1.54) is 28.6 Å². The lowest BCUT2D eigenvalue weighted by atomic mass is 9.94. The van der Waals surface area contributed by atoms with E-state index in [4.69, 9.17) is 0 Å². The van der Waals surface area contributed by atoms with E-state index in [9.17, 15) is 26.9 Å². The summed E-state index contributed by atoms with van der Waals surface area (Å²) in [6.07, 6.45) is 0.931. The molecule has 2 atom stereocenters. The van der Waals surface area contributed by atoms with Crippen LogP contribution in [0, 0.1) is 22.0 Å². The third kappa shape index (κ3) is 5.45. The van der Waals surface area contributed by atoms with Crippen molar-refractivity contribution in [3.63, 3.8) is 0 Å². The monoisotopic (exact) mass is 481 g/mol. The van der Waals surface area contributed by atoms with Crippen LogP contribution in [-0.4, -0.2) is 51.5 Å². The van der Waals surface area contributed by atoms with Crippen LogP contribution in [-0.2, 0) is 19.9 Å². The molecule has 1 aliphatic heterocycles. The molecular weight excluding hydrogens is 454 g/mol. The average Bonchev–Trinajstić information content (AvgIpc) is 2.73. The second kappa shape index (κ2) is 9.55. The first-order valence-corrected chi connectivity index (χ1v) is 13.4. The van der Waals surface area contributed by atoms with Gasteiger partial charge in [0.1, 0.15) is 5.69 Å². The highest BCUT2D eigenvalue weighted by Crippen LogP contribution is 2.31. The summed E-state index contributed by atoms with van der Waals surface area (Å²) in [4.78, 5) is 11.0. The number of nitro benzene ring substituents is 1. The number of sulfonamides is 1. The van der Waals surface area contributed by atoms with Gasteiger partial charge in [-0.3, -0.25) is 10.1 Å². The van der Waals surface area contributed by atoms with Crippen LogP contribution in [0.1, 0.15) is 20.3 Å². The fourth-order valence-corrected chi connectivity index (χ4v) is 6.87. The normalized spacial score (nSPS) is 20.1. The largest absolute Gasteiger partial charge is 0.378 e. The minimum atomic E-state index is -3.88. The van der Waals surface area contributed by atoms with E-state index in [2.05, 4.69) is 5.32 Å². The van der Waals surface area contributed by atoms with Gasteiger partial charge < -0.3 is 5.32 Å². The van der Waals surface area contributed by atoms with Gasteiger partial charge in [-0.15, -0.1) is 0 Å². The Kier molecular flexibility index (Phi) is 7.21. The van der Waals surface area contributed by atoms with E-state index in [1.54, 1.807) is 18.2 Å². The minimum absolute atomic E-state index is 0.0642. The van der Waals surface area contributed by atoms with Gasteiger partial charge in [0.25, 0.3) is 5.69 Å². The number of nitrogens with one attached hydrogen (secondary N) is 1. The van der Waals surface area contributed by atoms with E-state index in [-0.39, 0.29) is 39.6 Å². The molecule has 0 saturated carbocycles. The van der Waals surface area contributed by atoms with Crippen molar-refractivity contribution >= 4 is 31.2 Å². The van der Waals surface area contributed by atoms with Gasteiger partial charge >= 0.3 is 0 Å². The van der Waals surface area contributed by atoms with Gasteiger partial charge in [-0.05, 0) is 42.5 Å². The zero-order valence-electron chi connectivity index (χ0n) is 18.0. The van der Waals surface area contributed by atoms with Gasteiger partial charge in [-0.2, -0.15) is 4.31 Å². The maximum atomic E-state index is 13.1. The van der Waals surface area contributed by atoms with Crippen molar-refractivity contribution < 1.29 is 21.8 Å². The predicted octanol–water partition coefficient (Wildman–Crippen LogP) is 3.15. The lowest BCUT2D eigenvalue weighted by molar-refractivity contribution is -0.384. The number of sulfone groups is 1. The number of anilines is 1. The Morgan fingerprint density at radius 1 is 1.00 bits per heavy atom. The number of nitro groups is 1. The Hall–Kier alpha value is -2.50. The van der Waals surface area contributed by atoms with Gasteiger partial charge in [0.05, 0.1) is 20.5 Å². The summed E-state index contributed by atoms with van der Waals surface area (Å²) in [7, 11) is -7.43. The molecule has 1 aliphatic rings. The molecule has 0 bridgehead atoms. The summed E-state index contributed by atoms with van der Waals surface area (Å²) in [5.41, 5.74) is -0.348. The van der Waals surface area contributed by atoms with Crippen LogP contribution >= 0.6 is 0 Å². The molecule has 1 heterocycles. The number of hydrogen-bond donors (Lipinski definition) is 1. The Labute approximate surface area is 188 Å². The number of hydrogen-bond acceptors (Lipinski definition) is 7. The fourth-order valence-electron chi connectivity index (χ4n) is 3.99. The zero-order valence-corrected chi connectivity index (χ0v) is 19.6. The van der Waals surface area contributed by atoms with E-state index >= 15 is 0 Å². The average molecular weight is 482 g/mol. The molecule has 1 N–H and O–H groups in total. The van der Waals surface area contributed by atoms with Crippen molar-refractivity contribution in [3.05, 3.63) is 58.6 Å². The molecule has 1 saturated heterocycles. The van der Waals surface area contributed by atoms with Gasteiger partial charge in [0.15, 0.2) is 9.84 Å². The molecule has 0 spiro atoms. The molecule has 2 aromatic rings. The third-order valence-corrected chi connectivity index (χ3v) is 8.99. The molecular formula is C21H27N3O6S2. The quantitative estimate of drug-likeness (QED) is 0.453. The summed E-state index contributed by atoms with van der Waals surface area (Å²) in [5.74, 6) is 0.143. The second-order valence-electron chi connectivity index (χ2n) is 8.26. The van der Waals surface area contributed by atoms with E-state index in [1.807, 2.05) is 13.8 Å². The van der Waals surface area contributed by atoms with Crippen molar-refractivity contribution in [2.45, 2.75) is 30.1 Å². The van der Waals surface area contributed by atoms with Crippen LogP contribution in [0.25, 0.3) is 0 Å². The highest BCUT2D eigenvalue weighted by molar-refractivity contribution is 7.91. The van der Waals surface area contributed by atoms with Crippen molar-refractivity contribution in [3.8, 4) is 0 Å². The van der Waals surface area contributed by atoms with Crippen molar-refractivity contribution in [2.24, 2.45) is 11.8 Å². The number of nitrogens with zero attached hydrogens (tertiary/aromatic N) is 2. The van der Waals surface area contributed by atoms with Gasteiger partial charge in [0.2, 0.25) is 10.0 Å². The van der Waals surface area contributed by atoms with Gasteiger partial charge in [0, 0.05) is 25.7 Å². The molecule has 3 rings (SSSR count). The van der Waals surface area contributed by atoms with Crippen LogP contribution in [0.3, 0.4) is 0 Å². The van der Waals surface area contributed by atoms with Gasteiger partial charge in [-0.25, -0.2) is 16.8 Å². The summed E-state index contributed by atoms with van der Waals surface area (Å²) in [6, 6.07) is 11.6. The number of benzene rings is 2. The molecule has 0 unspecified atom stereocenters. The highest BCUT2D eigenvalue weighted by Gasteiger charge is 2.33. The van der Waals surface area contributed by atoms with Crippen LogP contribution < -0.4 is 5.32 Å². The molecule has 0 radical (unpaired) electrons. The maximum absolute atomic E-state index is 13.1. The first kappa shape index (κ1) is 24.1. The summed E-state index contributed by atoms with van der Waals surface area (Å²) in [6.45, 7) is 4.65. The molecule has 9 nitrogen and oxygen atoms in total. The van der Waals surface area contributed by atoms with Crippen LogP contribution in [0.2, 0.25) is 0 Å². The standard InChI is InChI=1S/C21H27N3O6S2/c1-16-12-17(2)15-23(14-16)32(29,30)19-8-9-20(21(13-19)24(25)26)22-10-11-31(27,28)18-6-4-3-5-7-18/h3-9,13,16-17,22H,10-12,14-15H2,1-2H3/t16-,17-/m1/s1. The molecule has 11 heteroatoms. The van der Waals surface area contributed by atoms with E-state index in [0.717, 1.165) is 12.5 Å². The molecule has 0 aromatic heterocycles. The smallest absolute Gasteiger partial charge is 0.293 e. The molecule has 32 heavy (non-hydrogen) atoms. The molecule has 0 aliphatic carbocycles. The second-order valence-corrected chi connectivity index (χ2v) is 12.3. The third-order valence-electron chi connectivity index (χ3n) is 5.43. The number of piperidine rings is 1. The van der Waals surface area contributed by atoms with Crippen LogP contribution in [0.15, 0.2) is 58.3 Å². The topological polar surface area (TPSA) is 127 Å². The number of rotatable bonds is 8. The summed E-state index contributed by atoms with van der Waals surface area (Å²) < 4.78 is 52.3. The van der Waals surface area contributed by atoms with E-state index in [0.29, 0.717) is 13.1 Å². The maximum Gasteiger partial charge on any atom is 0.293 e. The Bertz CT molecular complexity index is 1170. The Morgan fingerprint density at radius 2 is 1.62 bits per heavy atom. The fraction of sp³-hybridized carbons (Fsp3) is 0.429. The Morgan fingerprint density at radius 3 is 2.22 bits per heavy atom. The summed E-state index contributed by atoms with van der Waals surface area (Å²) >= 11 is 0. The van der Waals surface area contributed by atoms with Crippen molar-refractivity contribution in [1.82, 2.24) is 4.31 Å². The lowest BCUT2D eigenvalue weighted by Crippen LogP contribution is -2.42. The van der Waals surface area contributed by atoms with Crippen molar-refractivity contribution in [2.75, 3.05) is 30.7 Å². The first-order chi connectivity index (χ1) is 15.0. The van der Waals surface area contributed by atoms with Gasteiger partial charge in [-0.1, -0.05) is 32.0 Å². The van der Waals surface area contributed by atoms with E-state index < -0.39 is 30.5 Å². The summed E-state index contributed by atoms with van der Waals surface area (Å²) in [5, 5.41) is 14.4. The molecule has 2 aromatic carbocycles. The van der Waals surface area contributed by atoms with Crippen LogP contribution in [0.5, 0.6) is 0 Å². The SMILES string of the molecule is C[C@@H]1C[C@@H](C)CN(S(=O)(=O)c2ccc(NCCS(=O)(=O)c3ccccc3)c([N+](=O)[O-])c2)C1. The Balaban J connectivity index is 1.78.